The molecule has 0 bridgehead atoms. The molecule has 1 aromatic heterocycles. The number of aliphatic hydroxyl groups excluding tert-OH is 1. The highest BCUT2D eigenvalue weighted by molar-refractivity contribution is 5.78. The molecule has 1 heterocycles. The van der Waals surface area contributed by atoms with Crippen molar-refractivity contribution in [3.05, 3.63) is 28.7 Å². The number of fused-ring (bicyclic) bond motifs is 1. The topological polar surface area (TPSA) is 84.0 Å². The first-order chi connectivity index (χ1) is 7.08. The van der Waals surface area contributed by atoms with Gasteiger partial charge >= 0.3 is 5.69 Å². The lowest BCUT2D eigenvalue weighted by molar-refractivity contribution is 0.174. The first kappa shape index (κ1) is 9.79. The van der Waals surface area contributed by atoms with Crippen LogP contribution in [0.5, 0.6) is 0 Å². The van der Waals surface area contributed by atoms with E-state index in [1.807, 2.05) is 0 Å². The number of aromatic amines is 1. The van der Waals surface area contributed by atoms with Gasteiger partial charge in [-0.3, -0.25) is 4.57 Å². The summed E-state index contributed by atoms with van der Waals surface area (Å²) >= 11 is 0. The molecule has 1 atom stereocenters. The van der Waals surface area contributed by atoms with Crippen LogP contribution in [0.25, 0.3) is 11.0 Å². The van der Waals surface area contributed by atoms with E-state index in [-0.39, 0.29) is 12.2 Å². The van der Waals surface area contributed by atoms with Gasteiger partial charge in [-0.2, -0.15) is 0 Å². The molecule has 0 aliphatic heterocycles. The van der Waals surface area contributed by atoms with Gasteiger partial charge in [0.15, 0.2) is 0 Å². The van der Waals surface area contributed by atoms with E-state index < -0.39 is 6.10 Å². The molecule has 0 saturated heterocycles. The first-order valence-electron chi connectivity index (χ1n) is 4.74. The molecule has 1 unspecified atom stereocenters. The highest BCUT2D eigenvalue weighted by atomic mass is 16.3. The molecule has 0 spiro atoms. The minimum atomic E-state index is -0.567. The van der Waals surface area contributed by atoms with E-state index in [1.165, 1.54) is 4.57 Å². The van der Waals surface area contributed by atoms with Crippen LogP contribution in [0.3, 0.4) is 0 Å². The Balaban J connectivity index is 2.65. The number of aliphatic hydroxyl groups is 1. The third-order valence-corrected chi connectivity index (χ3v) is 2.25. The van der Waals surface area contributed by atoms with Gasteiger partial charge in [-0.25, -0.2) is 4.79 Å². The van der Waals surface area contributed by atoms with Crippen LogP contribution < -0.4 is 11.4 Å². The standard InChI is InChI=1S/C10H13N3O2/c1-6(14)5-13-9-4-7(11)2-3-8(9)12-10(13)15/h2-4,6,14H,5,11H2,1H3,(H,12,15). The van der Waals surface area contributed by atoms with Crippen LogP contribution in [0.2, 0.25) is 0 Å². The number of aromatic nitrogens is 2. The Morgan fingerprint density at radius 3 is 3.00 bits per heavy atom. The zero-order valence-electron chi connectivity index (χ0n) is 8.40. The highest BCUT2D eigenvalue weighted by Crippen LogP contribution is 2.14. The van der Waals surface area contributed by atoms with Crippen LogP contribution in [-0.4, -0.2) is 20.8 Å². The van der Waals surface area contributed by atoms with Gasteiger partial charge in [-0.05, 0) is 25.1 Å². The van der Waals surface area contributed by atoms with E-state index in [1.54, 1.807) is 25.1 Å². The summed E-state index contributed by atoms with van der Waals surface area (Å²) in [5.74, 6) is 0. The average molecular weight is 207 g/mol. The lowest BCUT2D eigenvalue weighted by atomic mass is 10.3. The minimum Gasteiger partial charge on any atom is -0.399 e. The molecule has 15 heavy (non-hydrogen) atoms. The number of nitrogen functional groups attached to an aromatic ring is 1. The largest absolute Gasteiger partial charge is 0.399 e. The van der Waals surface area contributed by atoms with Crippen molar-refractivity contribution < 1.29 is 5.11 Å². The summed E-state index contributed by atoms with van der Waals surface area (Å²) in [6, 6.07) is 5.20. The van der Waals surface area contributed by atoms with Crippen molar-refractivity contribution in [1.82, 2.24) is 9.55 Å². The predicted octanol–water partition coefficient (Wildman–Crippen LogP) is 0.293. The zero-order valence-corrected chi connectivity index (χ0v) is 8.40. The summed E-state index contributed by atoms with van der Waals surface area (Å²) in [5, 5.41) is 9.27. The number of benzene rings is 1. The van der Waals surface area contributed by atoms with Crippen molar-refractivity contribution in [1.29, 1.82) is 0 Å². The Kier molecular flexibility index (Phi) is 2.24. The van der Waals surface area contributed by atoms with Crippen LogP contribution in [0.4, 0.5) is 5.69 Å². The number of anilines is 1. The number of rotatable bonds is 2. The van der Waals surface area contributed by atoms with E-state index in [9.17, 15) is 9.90 Å². The lowest BCUT2D eigenvalue weighted by Gasteiger charge is -2.05. The summed E-state index contributed by atoms with van der Waals surface area (Å²) in [7, 11) is 0. The van der Waals surface area contributed by atoms with Crippen LogP contribution in [0.15, 0.2) is 23.0 Å². The fourth-order valence-electron chi connectivity index (χ4n) is 1.62. The number of imidazole rings is 1. The molecular formula is C10H13N3O2. The summed E-state index contributed by atoms with van der Waals surface area (Å²) in [6.07, 6.45) is -0.567. The molecule has 4 N–H and O–H groups in total. The van der Waals surface area contributed by atoms with Crippen LogP contribution >= 0.6 is 0 Å². The Morgan fingerprint density at radius 1 is 1.60 bits per heavy atom. The Morgan fingerprint density at radius 2 is 2.33 bits per heavy atom. The Labute approximate surface area is 86.1 Å². The van der Waals surface area contributed by atoms with E-state index in [0.29, 0.717) is 5.69 Å². The summed E-state index contributed by atoms with van der Waals surface area (Å²) < 4.78 is 1.48. The van der Waals surface area contributed by atoms with Gasteiger partial charge in [0.1, 0.15) is 0 Å². The maximum absolute atomic E-state index is 11.5. The Hall–Kier alpha value is -1.75. The smallest absolute Gasteiger partial charge is 0.326 e. The highest BCUT2D eigenvalue weighted by Gasteiger charge is 2.08. The summed E-state index contributed by atoms with van der Waals surface area (Å²) in [5.41, 5.74) is 7.47. The number of nitrogens with zero attached hydrogens (tertiary/aromatic N) is 1. The molecule has 0 amide bonds. The average Bonchev–Trinajstić information content (AvgIpc) is 2.43. The van der Waals surface area contributed by atoms with Crippen molar-refractivity contribution in [2.75, 3.05) is 5.73 Å². The number of nitrogens with one attached hydrogen (secondary N) is 1. The second-order valence-electron chi connectivity index (χ2n) is 3.67. The van der Waals surface area contributed by atoms with Crippen molar-refractivity contribution in [3.8, 4) is 0 Å². The predicted molar refractivity (Wildman–Crippen MR) is 58.7 cm³/mol. The van der Waals surface area contributed by atoms with E-state index in [2.05, 4.69) is 4.98 Å². The van der Waals surface area contributed by atoms with Gasteiger partial charge in [-0.15, -0.1) is 0 Å². The minimum absolute atomic E-state index is 0.225. The molecule has 1 aromatic carbocycles. The second kappa shape index (κ2) is 3.43. The fraction of sp³-hybridized carbons (Fsp3) is 0.300. The molecule has 0 aliphatic rings. The third-order valence-electron chi connectivity index (χ3n) is 2.25. The maximum atomic E-state index is 11.5. The lowest BCUT2D eigenvalue weighted by Crippen LogP contribution is -2.22. The van der Waals surface area contributed by atoms with Gasteiger partial charge in [-0.1, -0.05) is 0 Å². The molecule has 0 saturated carbocycles. The molecule has 5 heteroatoms. The van der Waals surface area contributed by atoms with Crippen molar-refractivity contribution in [2.24, 2.45) is 0 Å². The number of nitrogens with two attached hydrogens (primary N) is 1. The van der Waals surface area contributed by atoms with Gasteiger partial charge in [0.2, 0.25) is 0 Å². The van der Waals surface area contributed by atoms with Gasteiger partial charge in [0, 0.05) is 5.69 Å². The number of hydrogen-bond acceptors (Lipinski definition) is 3. The van der Waals surface area contributed by atoms with Crippen LogP contribution in [0, 0.1) is 0 Å². The zero-order chi connectivity index (χ0) is 11.0. The van der Waals surface area contributed by atoms with Crippen molar-refractivity contribution >= 4 is 16.7 Å². The molecule has 2 rings (SSSR count). The molecule has 5 nitrogen and oxygen atoms in total. The molecular weight excluding hydrogens is 194 g/mol. The van der Waals surface area contributed by atoms with E-state index >= 15 is 0 Å². The van der Waals surface area contributed by atoms with Crippen molar-refractivity contribution in [3.63, 3.8) is 0 Å². The van der Waals surface area contributed by atoms with Gasteiger partial charge in [0.05, 0.1) is 23.7 Å². The van der Waals surface area contributed by atoms with Crippen LogP contribution in [0.1, 0.15) is 6.92 Å². The second-order valence-corrected chi connectivity index (χ2v) is 3.67. The van der Waals surface area contributed by atoms with Gasteiger partial charge in [0.25, 0.3) is 0 Å². The summed E-state index contributed by atoms with van der Waals surface area (Å²) in [4.78, 5) is 14.2. The fourth-order valence-corrected chi connectivity index (χ4v) is 1.62. The Bertz CT molecular complexity index is 539. The molecule has 0 fully saturated rings. The first-order valence-corrected chi connectivity index (χ1v) is 4.74. The van der Waals surface area contributed by atoms with Crippen LogP contribution in [-0.2, 0) is 6.54 Å². The summed E-state index contributed by atoms with van der Waals surface area (Å²) in [6.45, 7) is 1.90. The van der Waals surface area contributed by atoms with E-state index in [0.717, 1.165) is 11.0 Å². The SMILES string of the molecule is CC(O)Cn1c(=O)[nH]c2ccc(N)cc21. The molecule has 0 radical (unpaired) electrons. The maximum Gasteiger partial charge on any atom is 0.326 e. The third kappa shape index (κ3) is 1.73. The van der Waals surface area contributed by atoms with Crippen molar-refractivity contribution in [2.45, 2.75) is 19.6 Å². The number of hydrogen-bond donors (Lipinski definition) is 3. The molecule has 0 aliphatic carbocycles. The quantitative estimate of drug-likeness (QED) is 0.619. The number of H-pyrrole nitrogens is 1. The molecule has 2 aromatic rings. The molecule has 80 valence electrons. The normalized spacial score (nSPS) is 13.2. The monoisotopic (exact) mass is 207 g/mol. The van der Waals surface area contributed by atoms with E-state index in [4.69, 9.17) is 5.73 Å². The van der Waals surface area contributed by atoms with Gasteiger partial charge < -0.3 is 15.8 Å².